The van der Waals surface area contributed by atoms with Gasteiger partial charge in [0.15, 0.2) is 0 Å². The van der Waals surface area contributed by atoms with Gasteiger partial charge in [-0.05, 0) is 27.7 Å². The molecule has 0 spiro atoms. The molecule has 0 N–H and O–H groups in total. The van der Waals surface area contributed by atoms with Gasteiger partial charge in [0, 0.05) is 0 Å². The monoisotopic (exact) mass is 462 g/mol. The molecule has 0 amide bonds. The Labute approximate surface area is 115 Å². The molecule has 0 atom stereocenters. The van der Waals surface area contributed by atoms with Crippen molar-refractivity contribution in [3.63, 3.8) is 0 Å². The first kappa shape index (κ1) is 15.1. The summed E-state index contributed by atoms with van der Waals surface area (Å²) in [5.41, 5.74) is 4.84. The first-order valence-corrected chi connectivity index (χ1v) is 10.8. The number of allylic oxidation sites excluding steroid dienone is 4. The van der Waals surface area contributed by atoms with Crippen molar-refractivity contribution in [3.8, 4) is 0 Å². The molecular formula is C10H13CoI2O. The van der Waals surface area contributed by atoms with Crippen molar-refractivity contribution in [2.75, 3.05) is 0 Å². The maximum atomic E-state index is 10.5. The van der Waals surface area contributed by atoms with Gasteiger partial charge >= 0.3 is 49.1 Å². The van der Waals surface area contributed by atoms with E-state index in [-0.39, 0.29) is 5.92 Å². The van der Waals surface area contributed by atoms with E-state index in [0.29, 0.717) is 0 Å². The van der Waals surface area contributed by atoms with Crippen LogP contribution in [0.1, 0.15) is 27.7 Å². The molecule has 0 unspecified atom stereocenters. The van der Waals surface area contributed by atoms with E-state index in [1.165, 1.54) is 19.4 Å². The summed E-state index contributed by atoms with van der Waals surface area (Å²) < 4.78 is 0. The van der Waals surface area contributed by atoms with Crippen molar-refractivity contribution < 1.29 is 13.1 Å². The van der Waals surface area contributed by atoms with Gasteiger partial charge in [-0.1, -0.05) is 28.2 Å². The third kappa shape index (κ3) is 3.60. The standard InChI is InChI=1S/C10H13O.Co.2HI/c1-6-7(2)9(4)10(5-11)8(6)3;;;/h10H,1-4H3;;2*1H/q-1;+3;;/p-2. The summed E-state index contributed by atoms with van der Waals surface area (Å²) in [6.07, 6.45) is 2.06. The van der Waals surface area contributed by atoms with Crippen molar-refractivity contribution >= 4 is 47.1 Å². The van der Waals surface area contributed by atoms with Gasteiger partial charge < -0.3 is 4.79 Å². The SMILES string of the molecule is CC1=C(C)C([C-]=O)C(C)=C1C.[I][Co+][I]. The van der Waals surface area contributed by atoms with Crippen LogP contribution in [0.3, 0.4) is 0 Å². The number of rotatable bonds is 1. The topological polar surface area (TPSA) is 17.1 Å². The summed E-state index contributed by atoms with van der Waals surface area (Å²) in [5, 5.41) is 0. The molecule has 0 radical (unpaired) electrons. The molecule has 0 aromatic carbocycles. The fourth-order valence-electron chi connectivity index (χ4n) is 1.53. The molecule has 0 bridgehead atoms. The Morgan fingerprint density at radius 1 is 1.07 bits per heavy atom. The third-order valence-electron chi connectivity index (χ3n) is 2.73. The van der Waals surface area contributed by atoms with E-state index in [9.17, 15) is 4.79 Å². The van der Waals surface area contributed by atoms with Crippen LogP contribution in [0.2, 0.25) is 0 Å². The van der Waals surface area contributed by atoms with Crippen molar-refractivity contribution in [3.05, 3.63) is 22.3 Å². The minimum atomic E-state index is -0.0602. The van der Waals surface area contributed by atoms with Crippen LogP contribution in [-0.4, -0.2) is 6.29 Å². The zero-order valence-electron chi connectivity index (χ0n) is 8.57. The predicted molar refractivity (Wildman–Crippen MR) is 74.0 cm³/mol. The number of carbonyl (C=O) groups excluding carboxylic acids is 1. The van der Waals surface area contributed by atoms with Gasteiger partial charge in [0.25, 0.3) is 0 Å². The second kappa shape index (κ2) is 7.40. The molecule has 1 nitrogen and oxygen atoms in total. The molecule has 0 heterocycles. The van der Waals surface area contributed by atoms with Gasteiger partial charge in [0.2, 0.25) is 0 Å². The average Bonchev–Trinajstić information content (AvgIpc) is 2.33. The molecule has 0 saturated heterocycles. The molecule has 4 heteroatoms. The third-order valence-corrected chi connectivity index (χ3v) is 2.73. The van der Waals surface area contributed by atoms with Crippen LogP contribution in [-0.2, 0) is 13.1 Å². The van der Waals surface area contributed by atoms with Crippen LogP contribution in [0.25, 0.3) is 0 Å². The van der Waals surface area contributed by atoms with Crippen molar-refractivity contribution in [1.82, 2.24) is 0 Å². The molecule has 1 aliphatic carbocycles. The quantitative estimate of drug-likeness (QED) is 0.423. The molecule has 1 aliphatic rings. The fraction of sp³-hybridized carbons (Fsp3) is 0.500. The van der Waals surface area contributed by atoms with Crippen molar-refractivity contribution in [1.29, 1.82) is 0 Å². The summed E-state index contributed by atoms with van der Waals surface area (Å²) in [6.45, 7) is 8.13. The number of hydrogen-bond acceptors (Lipinski definition) is 1. The van der Waals surface area contributed by atoms with Gasteiger partial charge in [0.05, 0.1) is 0 Å². The second-order valence-corrected chi connectivity index (χ2v) is 12.0. The molecule has 0 aromatic rings. The van der Waals surface area contributed by atoms with E-state index >= 15 is 0 Å². The molecule has 0 fully saturated rings. The first-order valence-electron chi connectivity index (χ1n) is 4.07. The summed E-state index contributed by atoms with van der Waals surface area (Å²) in [5.74, 6) is -0.0602. The van der Waals surface area contributed by atoms with Gasteiger partial charge in [-0.3, -0.25) is 6.29 Å². The normalized spacial score (nSPS) is 17.3. The Balaban J connectivity index is 0.000000500. The van der Waals surface area contributed by atoms with Crippen LogP contribution in [0.4, 0.5) is 0 Å². The molecule has 14 heavy (non-hydrogen) atoms. The van der Waals surface area contributed by atoms with Crippen molar-refractivity contribution in [2.24, 2.45) is 5.92 Å². The van der Waals surface area contributed by atoms with Gasteiger partial charge in [-0.2, -0.15) is 0 Å². The van der Waals surface area contributed by atoms with Crippen LogP contribution in [0.5, 0.6) is 0 Å². The molecule has 0 saturated carbocycles. The van der Waals surface area contributed by atoms with Gasteiger partial charge in [-0.25, -0.2) is 0 Å². The molecule has 1 rings (SSSR count). The Morgan fingerprint density at radius 3 is 1.50 bits per heavy atom. The zero-order chi connectivity index (χ0) is 11.3. The Bertz CT molecular complexity index is 258. The van der Waals surface area contributed by atoms with Crippen LogP contribution in [0, 0.1) is 5.92 Å². The second-order valence-electron chi connectivity index (χ2n) is 3.21. The first-order chi connectivity index (χ1) is 6.51. The van der Waals surface area contributed by atoms with E-state index < -0.39 is 0 Å². The number of halogens is 2. The van der Waals surface area contributed by atoms with E-state index in [1.54, 1.807) is 0 Å². The van der Waals surface area contributed by atoms with Gasteiger partial charge in [-0.15, -0.1) is 0 Å². The molecular weight excluding hydrogens is 449 g/mol. The number of hydrogen-bond donors (Lipinski definition) is 0. The molecule has 0 aliphatic heterocycles. The van der Waals surface area contributed by atoms with Gasteiger partial charge in [0.1, 0.15) is 0 Å². The molecule has 0 aromatic heterocycles. The zero-order valence-corrected chi connectivity index (χ0v) is 13.9. The van der Waals surface area contributed by atoms with Crippen molar-refractivity contribution in [2.45, 2.75) is 27.7 Å². The summed E-state index contributed by atoms with van der Waals surface area (Å²) in [6, 6.07) is 0. The van der Waals surface area contributed by atoms with E-state index in [4.69, 9.17) is 0 Å². The summed E-state index contributed by atoms with van der Waals surface area (Å²) in [4.78, 5) is 10.5. The fourth-order valence-corrected chi connectivity index (χ4v) is 1.53. The summed E-state index contributed by atoms with van der Waals surface area (Å²) >= 11 is 4.49. The van der Waals surface area contributed by atoms with E-state index in [1.807, 2.05) is 13.8 Å². The average molecular weight is 462 g/mol. The van der Waals surface area contributed by atoms with Crippen LogP contribution in [0.15, 0.2) is 22.3 Å². The Morgan fingerprint density at radius 2 is 1.36 bits per heavy atom. The van der Waals surface area contributed by atoms with Crippen LogP contribution < -0.4 is 0 Å². The summed E-state index contributed by atoms with van der Waals surface area (Å²) in [7, 11) is 1.38. The Hall–Kier alpha value is 1.12. The predicted octanol–water partition coefficient (Wildman–Crippen LogP) is 4.17. The van der Waals surface area contributed by atoms with E-state index in [0.717, 1.165) is 11.1 Å². The van der Waals surface area contributed by atoms with Crippen LogP contribution >= 0.6 is 40.8 Å². The minimum absolute atomic E-state index is 0.0602. The maximum absolute atomic E-state index is 10.5. The molecule has 82 valence electrons. The Kier molecular flexibility index (Phi) is 7.99. The van der Waals surface area contributed by atoms with E-state index in [2.05, 4.69) is 61.0 Å².